The number of piperidine rings is 2. The van der Waals surface area contributed by atoms with E-state index >= 15 is 0 Å². The fraction of sp³-hybridized carbons (Fsp3) is 0.632. The van der Waals surface area contributed by atoms with Crippen LogP contribution < -0.4 is 10.2 Å². The number of nitrogens with zero attached hydrogens (tertiary/aromatic N) is 2. The van der Waals surface area contributed by atoms with Crippen molar-refractivity contribution in [3.8, 4) is 0 Å². The Bertz CT molecular complexity index is 538. The summed E-state index contributed by atoms with van der Waals surface area (Å²) >= 11 is 0. The lowest BCUT2D eigenvalue weighted by atomic mass is 9.94. The number of likely N-dealkylation sites (tertiary alicyclic amines) is 1. The van der Waals surface area contributed by atoms with Crippen LogP contribution in [0.25, 0.3) is 0 Å². The molecule has 2 fully saturated rings. The van der Waals surface area contributed by atoms with Gasteiger partial charge in [0.15, 0.2) is 0 Å². The fourth-order valence-electron chi connectivity index (χ4n) is 3.70. The molecule has 0 aromatic heterocycles. The minimum absolute atomic E-state index is 0.0638. The average molecular weight is 331 g/mol. The number of nitrogens with one attached hydrogen (secondary N) is 1. The molecular weight excluding hydrogens is 302 g/mol. The number of benzene rings is 1. The summed E-state index contributed by atoms with van der Waals surface area (Å²) in [6, 6.07) is 8.09. The Labute approximate surface area is 144 Å². The van der Waals surface area contributed by atoms with E-state index < -0.39 is 0 Å². The van der Waals surface area contributed by atoms with Crippen molar-refractivity contribution in [2.45, 2.75) is 45.1 Å². The maximum atomic E-state index is 12.4. The minimum atomic E-state index is -0.357. The predicted molar refractivity (Wildman–Crippen MR) is 97.5 cm³/mol. The molecule has 3 rings (SSSR count). The topological polar surface area (TPSA) is 55.8 Å². The van der Waals surface area contributed by atoms with Crippen molar-refractivity contribution >= 4 is 17.4 Å². The second kappa shape index (κ2) is 7.88. The van der Waals surface area contributed by atoms with E-state index in [4.69, 9.17) is 0 Å². The Hall–Kier alpha value is -1.75. The molecule has 2 aliphatic rings. The number of aliphatic hydroxyl groups excluding tert-OH is 1. The van der Waals surface area contributed by atoms with Gasteiger partial charge in [-0.2, -0.15) is 0 Å². The summed E-state index contributed by atoms with van der Waals surface area (Å²) in [6.45, 7) is 5.46. The van der Waals surface area contributed by atoms with Gasteiger partial charge in [0.1, 0.15) is 0 Å². The van der Waals surface area contributed by atoms with Gasteiger partial charge in [-0.3, -0.25) is 0 Å². The summed E-state index contributed by atoms with van der Waals surface area (Å²) < 4.78 is 0. The van der Waals surface area contributed by atoms with E-state index in [1.807, 2.05) is 24.0 Å². The van der Waals surface area contributed by atoms with Gasteiger partial charge in [-0.05, 0) is 63.3 Å². The van der Waals surface area contributed by atoms with Crippen LogP contribution in [0.15, 0.2) is 24.3 Å². The lowest BCUT2D eigenvalue weighted by Gasteiger charge is -2.34. The summed E-state index contributed by atoms with van der Waals surface area (Å²) in [6.07, 6.45) is 5.44. The molecule has 5 heteroatoms. The molecule has 2 amide bonds. The lowest BCUT2D eigenvalue weighted by molar-refractivity contribution is 0.0766. The number of aliphatic hydroxyl groups is 1. The Morgan fingerprint density at radius 3 is 2.50 bits per heavy atom. The molecule has 1 aromatic carbocycles. The molecule has 0 aliphatic carbocycles. The van der Waals surface area contributed by atoms with Gasteiger partial charge in [-0.1, -0.05) is 0 Å². The number of hydrogen-bond donors (Lipinski definition) is 2. The summed E-state index contributed by atoms with van der Waals surface area (Å²) in [5.41, 5.74) is 2.07. The van der Waals surface area contributed by atoms with Crippen molar-refractivity contribution in [1.82, 2.24) is 4.90 Å². The van der Waals surface area contributed by atoms with Crippen LogP contribution in [0.2, 0.25) is 0 Å². The number of hydrogen-bond acceptors (Lipinski definition) is 3. The Morgan fingerprint density at radius 2 is 1.83 bits per heavy atom. The highest BCUT2D eigenvalue weighted by atomic mass is 16.3. The van der Waals surface area contributed by atoms with Gasteiger partial charge < -0.3 is 20.2 Å². The van der Waals surface area contributed by atoms with Crippen molar-refractivity contribution in [1.29, 1.82) is 0 Å². The van der Waals surface area contributed by atoms with E-state index in [1.54, 1.807) is 0 Å². The van der Waals surface area contributed by atoms with E-state index in [0.29, 0.717) is 6.54 Å². The summed E-state index contributed by atoms with van der Waals surface area (Å²) in [4.78, 5) is 16.7. The van der Waals surface area contributed by atoms with E-state index in [0.717, 1.165) is 38.2 Å². The van der Waals surface area contributed by atoms with Gasteiger partial charge in [0, 0.05) is 43.5 Å². The normalized spacial score (nSPS) is 23.0. The van der Waals surface area contributed by atoms with Crippen molar-refractivity contribution in [2.75, 3.05) is 36.4 Å². The molecule has 0 saturated carbocycles. The SMILES string of the molecule is CC(O)C1CCCN(C(=O)Nc2ccc(N3CCCCC3)cc2)C1. The molecule has 1 aromatic rings. The number of rotatable bonds is 3. The molecule has 2 heterocycles. The zero-order valence-electron chi connectivity index (χ0n) is 14.6. The van der Waals surface area contributed by atoms with Gasteiger partial charge in [0.05, 0.1) is 6.10 Å². The molecule has 2 unspecified atom stereocenters. The van der Waals surface area contributed by atoms with Crippen LogP contribution in [0.5, 0.6) is 0 Å². The standard InChI is InChI=1S/C19H29N3O2/c1-15(23)16-6-5-13-22(14-16)19(24)20-17-7-9-18(10-8-17)21-11-3-2-4-12-21/h7-10,15-16,23H,2-6,11-14H2,1H3,(H,20,24). The fourth-order valence-corrected chi connectivity index (χ4v) is 3.70. The number of carbonyl (C=O) groups excluding carboxylic acids is 1. The monoisotopic (exact) mass is 331 g/mol. The lowest BCUT2D eigenvalue weighted by Crippen LogP contribution is -2.44. The molecule has 2 saturated heterocycles. The molecule has 5 nitrogen and oxygen atoms in total. The van der Waals surface area contributed by atoms with Gasteiger partial charge in [-0.25, -0.2) is 4.79 Å². The van der Waals surface area contributed by atoms with E-state index in [9.17, 15) is 9.90 Å². The first-order valence-electron chi connectivity index (χ1n) is 9.22. The summed E-state index contributed by atoms with van der Waals surface area (Å²) in [5.74, 6) is 0.186. The summed E-state index contributed by atoms with van der Waals surface area (Å²) in [5, 5.41) is 12.7. The predicted octanol–water partition coefficient (Wildman–Crippen LogP) is 3.30. The van der Waals surface area contributed by atoms with Crippen molar-refractivity contribution in [3.05, 3.63) is 24.3 Å². The number of anilines is 2. The van der Waals surface area contributed by atoms with Crippen LogP contribution in [0.3, 0.4) is 0 Å². The molecule has 132 valence electrons. The van der Waals surface area contributed by atoms with E-state index in [1.165, 1.54) is 24.9 Å². The zero-order chi connectivity index (χ0) is 16.9. The number of urea groups is 1. The van der Waals surface area contributed by atoms with Crippen molar-refractivity contribution in [2.24, 2.45) is 5.92 Å². The first-order chi connectivity index (χ1) is 11.6. The van der Waals surface area contributed by atoms with Gasteiger partial charge >= 0.3 is 6.03 Å². The Morgan fingerprint density at radius 1 is 1.12 bits per heavy atom. The van der Waals surface area contributed by atoms with Crippen molar-refractivity contribution < 1.29 is 9.90 Å². The highest BCUT2D eigenvalue weighted by molar-refractivity contribution is 5.89. The van der Waals surface area contributed by atoms with Crippen LogP contribution in [-0.2, 0) is 0 Å². The Kier molecular flexibility index (Phi) is 5.61. The highest BCUT2D eigenvalue weighted by Gasteiger charge is 2.26. The number of amides is 2. The molecule has 0 bridgehead atoms. The molecular formula is C19H29N3O2. The largest absolute Gasteiger partial charge is 0.393 e. The molecule has 24 heavy (non-hydrogen) atoms. The van der Waals surface area contributed by atoms with E-state index in [2.05, 4.69) is 22.3 Å². The van der Waals surface area contributed by atoms with Gasteiger partial charge in [-0.15, -0.1) is 0 Å². The second-order valence-corrected chi connectivity index (χ2v) is 7.11. The number of carbonyl (C=O) groups is 1. The van der Waals surface area contributed by atoms with Crippen LogP contribution >= 0.6 is 0 Å². The smallest absolute Gasteiger partial charge is 0.321 e. The maximum Gasteiger partial charge on any atom is 0.321 e. The molecule has 0 radical (unpaired) electrons. The molecule has 0 spiro atoms. The minimum Gasteiger partial charge on any atom is -0.393 e. The molecule has 2 atom stereocenters. The van der Waals surface area contributed by atoms with Crippen molar-refractivity contribution in [3.63, 3.8) is 0 Å². The Balaban J connectivity index is 1.56. The molecule has 2 N–H and O–H groups in total. The quantitative estimate of drug-likeness (QED) is 0.893. The first kappa shape index (κ1) is 17.1. The van der Waals surface area contributed by atoms with Crippen LogP contribution in [-0.4, -0.2) is 48.3 Å². The van der Waals surface area contributed by atoms with Crippen LogP contribution in [0.1, 0.15) is 39.0 Å². The third kappa shape index (κ3) is 4.20. The van der Waals surface area contributed by atoms with Gasteiger partial charge in [0.25, 0.3) is 0 Å². The summed E-state index contributed by atoms with van der Waals surface area (Å²) in [7, 11) is 0. The molecule has 2 aliphatic heterocycles. The maximum absolute atomic E-state index is 12.4. The van der Waals surface area contributed by atoms with Gasteiger partial charge in [0.2, 0.25) is 0 Å². The van der Waals surface area contributed by atoms with E-state index in [-0.39, 0.29) is 18.1 Å². The van der Waals surface area contributed by atoms with Crippen LogP contribution in [0.4, 0.5) is 16.2 Å². The average Bonchev–Trinajstić information content (AvgIpc) is 2.63. The van der Waals surface area contributed by atoms with Crippen LogP contribution in [0, 0.1) is 5.92 Å². The highest BCUT2D eigenvalue weighted by Crippen LogP contribution is 2.23. The second-order valence-electron chi connectivity index (χ2n) is 7.11. The zero-order valence-corrected chi connectivity index (χ0v) is 14.6. The third-order valence-corrected chi connectivity index (χ3v) is 5.27. The first-order valence-corrected chi connectivity index (χ1v) is 9.22. The third-order valence-electron chi connectivity index (χ3n) is 5.27.